The molecule has 0 bridgehead atoms. The number of hydrogen-bond donors (Lipinski definition) is 3. The standard InChI is InChI=1S/C24H28N2O6/c1-2-7-21(23(28)29)26-22(27)15-31-13-12-25-24(30)32-14-20-18-10-5-3-8-16(18)17-9-4-6-11-19(17)20/h3-6,8-11,20-21H,2,7,12-15H2,1H3,(H,25,30)(H,26,27)(H,28,29)/t21-/m1/s1. The van der Waals surface area contributed by atoms with Gasteiger partial charge in [-0.3, -0.25) is 4.79 Å². The van der Waals surface area contributed by atoms with Gasteiger partial charge in [0.15, 0.2) is 0 Å². The van der Waals surface area contributed by atoms with E-state index >= 15 is 0 Å². The van der Waals surface area contributed by atoms with Crippen LogP contribution >= 0.6 is 0 Å². The van der Waals surface area contributed by atoms with Crippen LogP contribution in [0.4, 0.5) is 4.79 Å². The normalized spacial score (nSPS) is 13.0. The van der Waals surface area contributed by atoms with Crippen molar-refractivity contribution in [2.45, 2.75) is 31.7 Å². The van der Waals surface area contributed by atoms with Gasteiger partial charge < -0.3 is 25.2 Å². The van der Waals surface area contributed by atoms with Gasteiger partial charge in [0.25, 0.3) is 0 Å². The molecule has 3 rings (SSSR count). The molecule has 0 spiro atoms. The van der Waals surface area contributed by atoms with Crippen molar-refractivity contribution in [3.63, 3.8) is 0 Å². The molecule has 0 radical (unpaired) electrons. The number of amides is 2. The van der Waals surface area contributed by atoms with Crippen LogP contribution in [0.5, 0.6) is 0 Å². The SMILES string of the molecule is CCC[C@@H](NC(=O)COCCNC(=O)OCC1c2ccccc2-c2ccccc21)C(=O)O. The van der Waals surface area contributed by atoms with Crippen molar-refractivity contribution in [2.75, 3.05) is 26.4 Å². The van der Waals surface area contributed by atoms with E-state index in [1.54, 1.807) is 0 Å². The van der Waals surface area contributed by atoms with Crippen LogP contribution in [0, 0.1) is 0 Å². The minimum Gasteiger partial charge on any atom is -0.480 e. The van der Waals surface area contributed by atoms with Gasteiger partial charge in [-0.15, -0.1) is 0 Å². The maximum Gasteiger partial charge on any atom is 0.407 e. The van der Waals surface area contributed by atoms with Gasteiger partial charge in [-0.25, -0.2) is 9.59 Å². The van der Waals surface area contributed by atoms with Crippen molar-refractivity contribution < 1.29 is 29.0 Å². The number of benzene rings is 2. The summed E-state index contributed by atoms with van der Waals surface area (Å²) >= 11 is 0. The molecule has 8 nitrogen and oxygen atoms in total. The number of hydrogen-bond acceptors (Lipinski definition) is 5. The topological polar surface area (TPSA) is 114 Å². The summed E-state index contributed by atoms with van der Waals surface area (Å²) in [4.78, 5) is 34.9. The van der Waals surface area contributed by atoms with Crippen molar-refractivity contribution in [3.05, 3.63) is 59.7 Å². The van der Waals surface area contributed by atoms with Crippen LogP contribution in [0.1, 0.15) is 36.8 Å². The summed E-state index contributed by atoms with van der Waals surface area (Å²) in [5.74, 6) is -1.59. The Bertz CT molecular complexity index is 916. The zero-order chi connectivity index (χ0) is 22.9. The lowest BCUT2D eigenvalue weighted by atomic mass is 9.98. The minimum atomic E-state index is -1.07. The summed E-state index contributed by atoms with van der Waals surface area (Å²) in [6.45, 7) is 2.05. The number of carbonyl (C=O) groups excluding carboxylic acids is 2. The molecule has 1 aliphatic rings. The molecule has 0 heterocycles. The molecule has 0 saturated carbocycles. The van der Waals surface area contributed by atoms with Gasteiger partial charge in [-0.05, 0) is 28.7 Å². The van der Waals surface area contributed by atoms with E-state index in [2.05, 4.69) is 34.9 Å². The molecule has 2 aromatic rings. The first-order valence-electron chi connectivity index (χ1n) is 10.7. The molecular formula is C24H28N2O6. The third kappa shape index (κ3) is 5.85. The third-order valence-electron chi connectivity index (χ3n) is 5.30. The summed E-state index contributed by atoms with van der Waals surface area (Å²) < 4.78 is 10.6. The monoisotopic (exact) mass is 440 g/mol. The van der Waals surface area contributed by atoms with Crippen LogP contribution in [0.25, 0.3) is 11.1 Å². The van der Waals surface area contributed by atoms with E-state index in [4.69, 9.17) is 14.6 Å². The second-order valence-corrected chi connectivity index (χ2v) is 7.55. The van der Waals surface area contributed by atoms with E-state index in [-0.39, 0.29) is 32.3 Å². The zero-order valence-corrected chi connectivity index (χ0v) is 18.0. The molecule has 170 valence electrons. The van der Waals surface area contributed by atoms with Crippen molar-refractivity contribution in [2.24, 2.45) is 0 Å². The predicted octanol–water partition coefficient (Wildman–Crippen LogP) is 2.91. The lowest BCUT2D eigenvalue weighted by Gasteiger charge is -2.15. The van der Waals surface area contributed by atoms with Crippen LogP contribution in [-0.2, 0) is 19.1 Å². The largest absolute Gasteiger partial charge is 0.480 e. The molecular weight excluding hydrogens is 412 g/mol. The number of carbonyl (C=O) groups is 3. The zero-order valence-electron chi connectivity index (χ0n) is 18.0. The number of alkyl carbamates (subject to hydrolysis) is 1. The Morgan fingerprint density at radius 3 is 2.25 bits per heavy atom. The van der Waals surface area contributed by atoms with Crippen LogP contribution in [0.2, 0.25) is 0 Å². The number of rotatable bonds is 11. The summed E-state index contributed by atoms with van der Waals surface area (Å²) in [5.41, 5.74) is 4.60. The van der Waals surface area contributed by atoms with E-state index in [1.165, 1.54) is 0 Å². The molecule has 0 aromatic heterocycles. The van der Waals surface area contributed by atoms with Crippen LogP contribution in [0.3, 0.4) is 0 Å². The highest BCUT2D eigenvalue weighted by molar-refractivity contribution is 5.84. The predicted molar refractivity (Wildman–Crippen MR) is 118 cm³/mol. The summed E-state index contributed by atoms with van der Waals surface area (Å²) in [6, 6.07) is 15.3. The Morgan fingerprint density at radius 2 is 1.66 bits per heavy atom. The van der Waals surface area contributed by atoms with Crippen molar-refractivity contribution >= 4 is 18.0 Å². The number of ether oxygens (including phenoxy) is 2. The maximum atomic E-state index is 12.1. The number of fused-ring (bicyclic) bond motifs is 3. The van der Waals surface area contributed by atoms with Gasteiger partial charge >= 0.3 is 12.1 Å². The van der Waals surface area contributed by atoms with Gasteiger partial charge in [0.1, 0.15) is 19.3 Å². The first-order chi connectivity index (χ1) is 15.5. The van der Waals surface area contributed by atoms with Crippen molar-refractivity contribution in [1.29, 1.82) is 0 Å². The highest BCUT2D eigenvalue weighted by Crippen LogP contribution is 2.44. The highest BCUT2D eigenvalue weighted by atomic mass is 16.5. The van der Waals surface area contributed by atoms with Gasteiger partial charge in [0, 0.05) is 12.5 Å². The van der Waals surface area contributed by atoms with Gasteiger partial charge in [-0.1, -0.05) is 61.9 Å². The maximum absolute atomic E-state index is 12.1. The smallest absolute Gasteiger partial charge is 0.407 e. The highest BCUT2D eigenvalue weighted by Gasteiger charge is 2.28. The molecule has 0 aliphatic heterocycles. The fourth-order valence-electron chi connectivity index (χ4n) is 3.82. The van der Waals surface area contributed by atoms with Gasteiger partial charge in [0.05, 0.1) is 6.61 Å². The van der Waals surface area contributed by atoms with Crippen LogP contribution in [-0.4, -0.2) is 55.5 Å². The second kappa shape index (κ2) is 11.3. The van der Waals surface area contributed by atoms with E-state index in [9.17, 15) is 14.4 Å². The average Bonchev–Trinajstić information content (AvgIpc) is 3.11. The van der Waals surface area contributed by atoms with Crippen LogP contribution < -0.4 is 10.6 Å². The number of aliphatic carboxylic acids is 1. The molecule has 1 atom stereocenters. The molecule has 2 aromatic carbocycles. The number of carboxylic acids is 1. The van der Waals surface area contributed by atoms with Crippen LogP contribution in [0.15, 0.2) is 48.5 Å². The minimum absolute atomic E-state index is 0.0154. The van der Waals surface area contributed by atoms with E-state index in [1.807, 2.05) is 31.2 Å². The Balaban J connectivity index is 1.38. The molecule has 8 heteroatoms. The van der Waals surface area contributed by atoms with E-state index in [0.29, 0.717) is 12.8 Å². The molecule has 0 saturated heterocycles. The second-order valence-electron chi connectivity index (χ2n) is 7.55. The van der Waals surface area contributed by atoms with Crippen molar-refractivity contribution in [3.8, 4) is 11.1 Å². The Morgan fingerprint density at radius 1 is 1.03 bits per heavy atom. The van der Waals surface area contributed by atoms with E-state index in [0.717, 1.165) is 22.3 Å². The summed E-state index contributed by atoms with van der Waals surface area (Å²) in [7, 11) is 0. The molecule has 1 aliphatic carbocycles. The van der Waals surface area contributed by atoms with Crippen molar-refractivity contribution in [1.82, 2.24) is 10.6 Å². The third-order valence-corrected chi connectivity index (χ3v) is 5.30. The Hall–Kier alpha value is -3.39. The number of nitrogens with one attached hydrogen (secondary N) is 2. The Kier molecular flexibility index (Phi) is 8.21. The lowest BCUT2D eigenvalue weighted by molar-refractivity contribution is -0.142. The molecule has 2 amide bonds. The first kappa shape index (κ1) is 23.3. The fourth-order valence-corrected chi connectivity index (χ4v) is 3.82. The quantitative estimate of drug-likeness (QED) is 0.463. The molecule has 3 N–H and O–H groups in total. The Labute approximate surface area is 186 Å². The average molecular weight is 440 g/mol. The molecule has 32 heavy (non-hydrogen) atoms. The summed E-state index contributed by atoms with van der Waals surface area (Å²) in [5, 5.41) is 14.0. The van der Waals surface area contributed by atoms with Gasteiger partial charge in [0.2, 0.25) is 5.91 Å². The fraction of sp³-hybridized carbons (Fsp3) is 0.375. The molecule has 0 unspecified atom stereocenters. The number of carboxylic acid groups (broad SMARTS) is 1. The lowest BCUT2D eigenvalue weighted by Crippen LogP contribution is -2.42. The summed E-state index contributed by atoms with van der Waals surface area (Å²) in [6.07, 6.45) is 0.431. The van der Waals surface area contributed by atoms with Gasteiger partial charge in [-0.2, -0.15) is 0 Å². The molecule has 0 fully saturated rings. The first-order valence-corrected chi connectivity index (χ1v) is 10.7. The van der Waals surface area contributed by atoms with E-state index < -0.39 is 24.0 Å².